The van der Waals surface area contributed by atoms with Gasteiger partial charge in [0.05, 0.1) is 0 Å². The van der Waals surface area contributed by atoms with Crippen molar-refractivity contribution in [2.24, 2.45) is 11.1 Å². The third kappa shape index (κ3) is 2.75. The van der Waals surface area contributed by atoms with Crippen molar-refractivity contribution in [1.29, 1.82) is 0 Å². The van der Waals surface area contributed by atoms with E-state index in [2.05, 4.69) is 19.9 Å². The average molecular weight is 233 g/mol. The Morgan fingerprint density at radius 1 is 1.35 bits per heavy atom. The predicted molar refractivity (Wildman–Crippen MR) is 70.1 cm³/mol. The second-order valence-corrected chi connectivity index (χ2v) is 5.86. The maximum atomic E-state index is 13.3. The molecule has 0 radical (unpaired) electrons. The Kier molecular flexibility index (Phi) is 3.09. The third-order valence-electron chi connectivity index (χ3n) is 3.42. The van der Waals surface area contributed by atoms with E-state index < -0.39 is 0 Å². The number of nitrogens with two attached hydrogens (primary N) is 1. The van der Waals surface area contributed by atoms with E-state index >= 15 is 0 Å². The van der Waals surface area contributed by atoms with E-state index in [0.29, 0.717) is 0 Å². The summed E-state index contributed by atoms with van der Waals surface area (Å²) in [6.45, 7) is 6.45. The molecule has 0 amide bonds. The van der Waals surface area contributed by atoms with Crippen molar-refractivity contribution in [2.75, 3.05) is 0 Å². The Labute approximate surface area is 103 Å². The number of benzene rings is 1. The lowest BCUT2D eigenvalue weighted by atomic mass is 9.73. The Morgan fingerprint density at radius 2 is 2.06 bits per heavy atom. The quantitative estimate of drug-likeness (QED) is 0.787. The summed E-state index contributed by atoms with van der Waals surface area (Å²) < 4.78 is 13.3. The van der Waals surface area contributed by atoms with Gasteiger partial charge in [-0.2, -0.15) is 0 Å². The summed E-state index contributed by atoms with van der Waals surface area (Å²) >= 11 is 0. The lowest BCUT2D eigenvalue weighted by molar-refractivity contribution is 0.318. The average Bonchev–Trinajstić information content (AvgIpc) is 2.18. The molecule has 2 rings (SSSR count). The minimum absolute atomic E-state index is 0.0800. The lowest BCUT2D eigenvalue weighted by Crippen LogP contribution is -2.30. The zero-order valence-electron chi connectivity index (χ0n) is 10.8. The maximum absolute atomic E-state index is 13.3. The van der Waals surface area contributed by atoms with Gasteiger partial charge in [0, 0.05) is 6.04 Å². The number of hydrogen-bond acceptors (Lipinski definition) is 1. The summed E-state index contributed by atoms with van der Waals surface area (Å²) in [7, 11) is 0. The van der Waals surface area contributed by atoms with Gasteiger partial charge >= 0.3 is 0 Å². The van der Waals surface area contributed by atoms with Crippen LogP contribution in [-0.2, 0) is 0 Å². The Bertz CT molecular complexity index is 460. The molecule has 0 spiro atoms. The molecule has 1 unspecified atom stereocenters. The SMILES string of the molecule is Cc1ccc(F)cc1C1=CC(N)CC(C)(C)C1. The highest BCUT2D eigenvalue weighted by Crippen LogP contribution is 2.39. The number of rotatable bonds is 1. The molecule has 0 saturated heterocycles. The summed E-state index contributed by atoms with van der Waals surface area (Å²) in [5.74, 6) is -0.177. The minimum atomic E-state index is -0.177. The first-order chi connectivity index (χ1) is 7.87. The second kappa shape index (κ2) is 4.26. The standard InChI is InChI=1S/C15H20FN/c1-10-4-5-12(16)7-14(10)11-6-13(17)9-15(2,3)8-11/h4-7,13H,8-9,17H2,1-3H3. The van der Waals surface area contributed by atoms with Gasteiger partial charge in [0.15, 0.2) is 0 Å². The van der Waals surface area contributed by atoms with Gasteiger partial charge in [0.1, 0.15) is 5.82 Å². The van der Waals surface area contributed by atoms with Crippen LogP contribution >= 0.6 is 0 Å². The van der Waals surface area contributed by atoms with Gasteiger partial charge in [-0.1, -0.05) is 26.0 Å². The smallest absolute Gasteiger partial charge is 0.123 e. The van der Waals surface area contributed by atoms with E-state index in [1.165, 1.54) is 11.6 Å². The van der Waals surface area contributed by atoms with Gasteiger partial charge in [-0.15, -0.1) is 0 Å². The van der Waals surface area contributed by atoms with Crippen LogP contribution in [0, 0.1) is 18.2 Å². The van der Waals surface area contributed by atoms with Crippen LogP contribution in [0.5, 0.6) is 0 Å². The molecule has 0 aliphatic heterocycles. The van der Waals surface area contributed by atoms with Crippen molar-refractivity contribution in [3.63, 3.8) is 0 Å². The zero-order chi connectivity index (χ0) is 12.6. The topological polar surface area (TPSA) is 26.0 Å². The molecule has 92 valence electrons. The largest absolute Gasteiger partial charge is 0.324 e. The normalized spacial score (nSPS) is 23.4. The van der Waals surface area contributed by atoms with Crippen molar-refractivity contribution < 1.29 is 4.39 Å². The van der Waals surface area contributed by atoms with Gasteiger partial charge in [0.2, 0.25) is 0 Å². The molecule has 1 aliphatic carbocycles. The van der Waals surface area contributed by atoms with E-state index in [9.17, 15) is 4.39 Å². The first-order valence-corrected chi connectivity index (χ1v) is 6.10. The molecule has 0 bridgehead atoms. The van der Waals surface area contributed by atoms with Gasteiger partial charge < -0.3 is 5.73 Å². The summed E-state index contributed by atoms with van der Waals surface area (Å²) in [6.07, 6.45) is 4.04. The Morgan fingerprint density at radius 3 is 2.71 bits per heavy atom. The minimum Gasteiger partial charge on any atom is -0.324 e. The predicted octanol–water partition coefficient (Wildman–Crippen LogP) is 3.66. The second-order valence-electron chi connectivity index (χ2n) is 5.86. The molecule has 2 N–H and O–H groups in total. The molecule has 0 aromatic heterocycles. The maximum Gasteiger partial charge on any atom is 0.123 e. The molecule has 0 saturated carbocycles. The highest BCUT2D eigenvalue weighted by Gasteiger charge is 2.27. The fraction of sp³-hybridized carbons (Fsp3) is 0.467. The van der Waals surface area contributed by atoms with E-state index in [1.54, 1.807) is 6.07 Å². The van der Waals surface area contributed by atoms with Gasteiger partial charge in [-0.25, -0.2) is 4.39 Å². The van der Waals surface area contributed by atoms with Crippen molar-refractivity contribution in [1.82, 2.24) is 0 Å². The van der Waals surface area contributed by atoms with E-state index in [4.69, 9.17) is 5.73 Å². The van der Waals surface area contributed by atoms with E-state index in [0.717, 1.165) is 24.0 Å². The zero-order valence-corrected chi connectivity index (χ0v) is 10.8. The van der Waals surface area contributed by atoms with Crippen molar-refractivity contribution in [3.8, 4) is 0 Å². The molecule has 17 heavy (non-hydrogen) atoms. The van der Waals surface area contributed by atoms with Crippen LogP contribution in [0.25, 0.3) is 5.57 Å². The van der Waals surface area contributed by atoms with Gasteiger partial charge in [-0.05, 0) is 54.0 Å². The molecule has 0 fully saturated rings. The number of hydrogen-bond donors (Lipinski definition) is 1. The van der Waals surface area contributed by atoms with Crippen LogP contribution in [0.1, 0.15) is 37.8 Å². The van der Waals surface area contributed by atoms with Crippen LogP contribution in [-0.4, -0.2) is 6.04 Å². The summed E-state index contributed by atoms with van der Waals surface area (Å²) in [6, 6.07) is 5.04. The summed E-state index contributed by atoms with van der Waals surface area (Å²) in [5, 5.41) is 0. The summed E-state index contributed by atoms with van der Waals surface area (Å²) in [5.41, 5.74) is 9.56. The van der Waals surface area contributed by atoms with Crippen molar-refractivity contribution >= 4 is 5.57 Å². The van der Waals surface area contributed by atoms with Gasteiger partial charge in [-0.3, -0.25) is 0 Å². The first-order valence-electron chi connectivity index (χ1n) is 6.10. The fourth-order valence-electron chi connectivity index (χ4n) is 2.73. The molecule has 1 aromatic carbocycles. The molecule has 1 aliphatic rings. The van der Waals surface area contributed by atoms with Crippen molar-refractivity contribution in [2.45, 2.75) is 39.7 Å². The van der Waals surface area contributed by atoms with E-state index in [1.807, 2.05) is 13.0 Å². The molecule has 1 aromatic rings. The molecular weight excluding hydrogens is 213 g/mol. The first kappa shape index (κ1) is 12.3. The molecular formula is C15H20FN. The fourth-order valence-corrected chi connectivity index (χ4v) is 2.73. The van der Waals surface area contributed by atoms with Crippen LogP contribution in [0.4, 0.5) is 4.39 Å². The number of halogens is 1. The van der Waals surface area contributed by atoms with Crippen LogP contribution in [0.3, 0.4) is 0 Å². The Hall–Kier alpha value is -1.15. The molecule has 1 atom stereocenters. The monoisotopic (exact) mass is 233 g/mol. The van der Waals surface area contributed by atoms with E-state index in [-0.39, 0.29) is 17.3 Å². The van der Waals surface area contributed by atoms with Crippen LogP contribution in [0.2, 0.25) is 0 Å². The van der Waals surface area contributed by atoms with Gasteiger partial charge in [0.25, 0.3) is 0 Å². The lowest BCUT2D eigenvalue weighted by Gasteiger charge is -2.33. The molecule has 0 heterocycles. The highest BCUT2D eigenvalue weighted by atomic mass is 19.1. The number of aryl methyl sites for hydroxylation is 1. The highest BCUT2D eigenvalue weighted by molar-refractivity contribution is 5.70. The Balaban J connectivity index is 2.43. The third-order valence-corrected chi connectivity index (χ3v) is 3.42. The number of allylic oxidation sites excluding steroid dienone is 1. The van der Waals surface area contributed by atoms with Crippen molar-refractivity contribution in [3.05, 3.63) is 41.2 Å². The summed E-state index contributed by atoms with van der Waals surface area (Å²) in [4.78, 5) is 0. The van der Waals surface area contributed by atoms with Crippen LogP contribution < -0.4 is 5.73 Å². The van der Waals surface area contributed by atoms with Crippen LogP contribution in [0.15, 0.2) is 24.3 Å². The molecule has 1 nitrogen and oxygen atoms in total. The molecule has 2 heteroatoms.